The predicted octanol–water partition coefficient (Wildman–Crippen LogP) is 4.03. The van der Waals surface area contributed by atoms with Crippen LogP contribution in [-0.4, -0.2) is 18.0 Å². The van der Waals surface area contributed by atoms with E-state index >= 15 is 0 Å². The molecule has 0 radical (unpaired) electrons. The minimum atomic E-state index is 0.515. The van der Waals surface area contributed by atoms with E-state index in [1.165, 1.54) is 21.4 Å². The largest absolute Gasteiger partial charge is 0.353 e. The molecule has 1 heterocycles. The van der Waals surface area contributed by atoms with E-state index in [4.69, 9.17) is 0 Å². The van der Waals surface area contributed by atoms with Gasteiger partial charge in [0.25, 0.3) is 0 Å². The summed E-state index contributed by atoms with van der Waals surface area (Å²) in [5, 5.41) is 2.72. The van der Waals surface area contributed by atoms with Gasteiger partial charge in [0.15, 0.2) is 0 Å². The first-order valence-electron chi connectivity index (χ1n) is 5.25. The summed E-state index contributed by atoms with van der Waals surface area (Å²) in [6.45, 7) is 0. The van der Waals surface area contributed by atoms with Crippen LogP contribution in [0.4, 0.5) is 5.69 Å². The summed E-state index contributed by atoms with van der Waals surface area (Å²) in [6, 6.07) is 13.1. The summed E-state index contributed by atoms with van der Waals surface area (Å²) in [4.78, 5) is 3.79. The molecule has 0 bridgehead atoms. The fourth-order valence-corrected chi connectivity index (χ4v) is 4.36. The summed E-state index contributed by atoms with van der Waals surface area (Å²) < 4.78 is 0.515. The van der Waals surface area contributed by atoms with Gasteiger partial charge in [-0.3, -0.25) is 0 Å². The lowest BCUT2D eigenvalue weighted by atomic mass is 10.1. The number of thioether (sulfide) groups is 2. The van der Waals surface area contributed by atoms with Crippen LogP contribution < -0.4 is 4.90 Å². The molecule has 0 aliphatic carbocycles. The molecule has 2 aromatic rings. The van der Waals surface area contributed by atoms with Crippen LogP contribution in [0.1, 0.15) is 0 Å². The minimum absolute atomic E-state index is 0.515. The van der Waals surface area contributed by atoms with E-state index in [0.29, 0.717) is 4.71 Å². The van der Waals surface area contributed by atoms with Gasteiger partial charge in [0.1, 0.15) is 4.71 Å². The molecule has 1 aliphatic rings. The van der Waals surface area contributed by atoms with Crippen LogP contribution in [0.3, 0.4) is 0 Å². The van der Waals surface area contributed by atoms with Crippen molar-refractivity contribution in [2.75, 3.05) is 18.2 Å². The molecule has 82 valence electrons. The van der Waals surface area contributed by atoms with Crippen molar-refractivity contribution in [1.29, 1.82) is 0 Å². The van der Waals surface area contributed by atoms with Crippen molar-refractivity contribution < 1.29 is 0 Å². The van der Waals surface area contributed by atoms with Gasteiger partial charge < -0.3 is 4.90 Å². The van der Waals surface area contributed by atoms with Gasteiger partial charge in [-0.05, 0) is 23.1 Å². The first-order valence-corrected chi connectivity index (χ1v) is 7.42. The summed E-state index contributed by atoms with van der Waals surface area (Å²) in [6.07, 6.45) is 2.17. The van der Waals surface area contributed by atoms with E-state index in [1.807, 2.05) is 23.5 Å². The SMILES string of the molecule is CSC1Sc2c(ccc3ccccc23)N1C. The van der Waals surface area contributed by atoms with Crippen LogP contribution in [0, 0.1) is 0 Å². The average molecular weight is 247 g/mol. The quantitative estimate of drug-likeness (QED) is 0.749. The normalized spacial score (nSPS) is 19.1. The molecule has 0 spiro atoms. The summed E-state index contributed by atoms with van der Waals surface area (Å²) in [5.41, 5.74) is 1.36. The van der Waals surface area contributed by atoms with Crippen LogP contribution in [0.5, 0.6) is 0 Å². The molecule has 0 saturated carbocycles. The molecule has 0 aromatic heterocycles. The van der Waals surface area contributed by atoms with E-state index in [-0.39, 0.29) is 0 Å². The predicted molar refractivity (Wildman–Crippen MR) is 75.5 cm³/mol. The molecule has 0 amide bonds. The van der Waals surface area contributed by atoms with Crippen molar-refractivity contribution in [3.8, 4) is 0 Å². The van der Waals surface area contributed by atoms with E-state index in [2.05, 4.69) is 54.6 Å². The van der Waals surface area contributed by atoms with Crippen LogP contribution in [0.15, 0.2) is 41.3 Å². The van der Waals surface area contributed by atoms with Gasteiger partial charge in [0.05, 0.1) is 5.69 Å². The molecule has 1 unspecified atom stereocenters. The first kappa shape index (κ1) is 10.4. The van der Waals surface area contributed by atoms with Crippen LogP contribution in [0.2, 0.25) is 0 Å². The smallest absolute Gasteiger partial charge is 0.126 e. The molecule has 0 fully saturated rings. The number of benzene rings is 2. The van der Waals surface area contributed by atoms with E-state index < -0.39 is 0 Å². The van der Waals surface area contributed by atoms with Crippen LogP contribution >= 0.6 is 23.5 Å². The van der Waals surface area contributed by atoms with Crippen molar-refractivity contribution >= 4 is 40.0 Å². The summed E-state index contributed by atoms with van der Waals surface area (Å²) >= 11 is 3.86. The molecule has 1 atom stereocenters. The molecule has 1 nitrogen and oxygen atoms in total. The van der Waals surface area contributed by atoms with Gasteiger partial charge in [-0.1, -0.05) is 42.1 Å². The van der Waals surface area contributed by atoms with Crippen molar-refractivity contribution in [2.45, 2.75) is 9.60 Å². The molecule has 0 N–H and O–H groups in total. The molecule has 3 heteroatoms. The Bertz CT molecular complexity index is 538. The maximum atomic E-state index is 2.36. The van der Waals surface area contributed by atoms with Gasteiger partial charge >= 0.3 is 0 Å². The molecule has 16 heavy (non-hydrogen) atoms. The van der Waals surface area contributed by atoms with Crippen molar-refractivity contribution in [2.24, 2.45) is 0 Å². The van der Waals surface area contributed by atoms with Gasteiger partial charge in [-0.25, -0.2) is 0 Å². The van der Waals surface area contributed by atoms with Gasteiger partial charge in [-0.15, -0.1) is 11.8 Å². The minimum Gasteiger partial charge on any atom is -0.353 e. The second-order valence-corrected chi connectivity index (χ2v) is 6.21. The fraction of sp³-hybridized carbons (Fsp3) is 0.231. The first-order chi connectivity index (χ1) is 7.81. The van der Waals surface area contributed by atoms with Crippen molar-refractivity contribution in [1.82, 2.24) is 0 Å². The topological polar surface area (TPSA) is 3.24 Å². The number of fused-ring (bicyclic) bond motifs is 3. The third kappa shape index (κ3) is 1.42. The van der Waals surface area contributed by atoms with Gasteiger partial charge in [-0.2, -0.15) is 0 Å². The van der Waals surface area contributed by atoms with E-state index in [9.17, 15) is 0 Å². The highest BCUT2D eigenvalue weighted by atomic mass is 32.2. The lowest BCUT2D eigenvalue weighted by Gasteiger charge is -2.18. The standard InChI is InChI=1S/C13H13NS2/c1-14-11-8-7-9-5-3-4-6-10(9)12(11)16-13(14)15-2/h3-8,13H,1-2H3. The molecular weight excluding hydrogens is 234 g/mol. The maximum Gasteiger partial charge on any atom is 0.126 e. The van der Waals surface area contributed by atoms with Crippen molar-refractivity contribution in [3.05, 3.63) is 36.4 Å². The van der Waals surface area contributed by atoms with Gasteiger partial charge in [0, 0.05) is 11.9 Å². The molecular formula is C13H13NS2. The third-order valence-electron chi connectivity index (χ3n) is 2.98. The Morgan fingerprint density at radius 1 is 1.19 bits per heavy atom. The number of hydrogen-bond acceptors (Lipinski definition) is 3. The monoisotopic (exact) mass is 247 g/mol. The zero-order valence-electron chi connectivity index (χ0n) is 9.31. The number of anilines is 1. The number of rotatable bonds is 1. The Morgan fingerprint density at radius 2 is 2.00 bits per heavy atom. The highest BCUT2D eigenvalue weighted by molar-refractivity contribution is 8.17. The Kier molecular flexibility index (Phi) is 2.52. The van der Waals surface area contributed by atoms with Gasteiger partial charge in [0.2, 0.25) is 0 Å². The Morgan fingerprint density at radius 3 is 2.81 bits per heavy atom. The fourth-order valence-electron chi connectivity index (χ4n) is 2.13. The second-order valence-electron chi connectivity index (χ2n) is 3.91. The zero-order chi connectivity index (χ0) is 11.1. The summed E-state index contributed by atoms with van der Waals surface area (Å²) in [7, 11) is 2.18. The number of nitrogens with zero attached hydrogens (tertiary/aromatic N) is 1. The summed E-state index contributed by atoms with van der Waals surface area (Å²) in [5.74, 6) is 0. The zero-order valence-corrected chi connectivity index (χ0v) is 10.9. The van der Waals surface area contributed by atoms with E-state index in [0.717, 1.165) is 0 Å². The van der Waals surface area contributed by atoms with Crippen molar-refractivity contribution in [3.63, 3.8) is 0 Å². The Labute approximate surface area is 104 Å². The second kappa shape index (κ2) is 3.90. The number of hydrogen-bond donors (Lipinski definition) is 0. The molecule has 3 rings (SSSR count). The maximum absolute atomic E-state index is 2.36. The highest BCUT2D eigenvalue weighted by Crippen LogP contribution is 2.49. The van der Waals surface area contributed by atoms with Crippen LogP contribution in [-0.2, 0) is 0 Å². The molecule has 2 aromatic carbocycles. The van der Waals surface area contributed by atoms with E-state index in [1.54, 1.807) is 0 Å². The Hall–Kier alpha value is -0.800. The molecule has 1 aliphatic heterocycles. The third-order valence-corrected chi connectivity index (χ3v) is 5.74. The van der Waals surface area contributed by atoms with Crippen LogP contribution in [0.25, 0.3) is 10.8 Å². The molecule has 0 saturated heterocycles. The lowest BCUT2D eigenvalue weighted by Crippen LogP contribution is -2.20. The lowest BCUT2D eigenvalue weighted by molar-refractivity contribution is 1.07. The average Bonchev–Trinajstić information content (AvgIpc) is 2.67. The Balaban J connectivity index is 2.23. The highest BCUT2D eigenvalue weighted by Gasteiger charge is 2.27.